The predicted octanol–water partition coefficient (Wildman–Crippen LogP) is 4.41. The maximum absolute atomic E-state index is 10.2. The Labute approximate surface area is 108 Å². The number of hydrogen-bond acceptors (Lipinski definition) is 2. The molecule has 2 heteroatoms. The first-order chi connectivity index (χ1) is 8.16. The van der Waals surface area contributed by atoms with E-state index in [4.69, 9.17) is 0 Å². The fourth-order valence-corrected chi connectivity index (χ4v) is 3.66. The normalized spacial score (nSPS) is 17.3. The van der Waals surface area contributed by atoms with E-state index in [0.717, 1.165) is 23.3 Å². The van der Waals surface area contributed by atoms with Gasteiger partial charge in [0, 0.05) is 9.75 Å². The van der Waals surface area contributed by atoms with Gasteiger partial charge in [-0.15, -0.1) is 17.9 Å². The van der Waals surface area contributed by atoms with Crippen LogP contribution in [-0.2, 0) is 12.8 Å². The summed E-state index contributed by atoms with van der Waals surface area (Å²) >= 11 is 1.83. The van der Waals surface area contributed by atoms with E-state index in [0.29, 0.717) is 0 Å². The highest BCUT2D eigenvalue weighted by Gasteiger charge is 2.16. The lowest BCUT2D eigenvalue weighted by Crippen LogP contribution is -1.94. The summed E-state index contributed by atoms with van der Waals surface area (Å²) < 4.78 is 0. The first-order valence-electron chi connectivity index (χ1n) is 6.60. The van der Waals surface area contributed by atoms with Gasteiger partial charge in [0.1, 0.15) is 0 Å². The summed E-state index contributed by atoms with van der Waals surface area (Å²) in [5, 5.41) is 10.2. The first kappa shape index (κ1) is 12.8. The highest BCUT2D eigenvalue weighted by molar-refractivity contribution is 7.12. The van der Waals surface area contributed by atoms with Crippen LogP contribution in [0.2, 0.25) is 0 Å². The van der Waals surface area contributed by atoms with Crippen LogP contribution in [-0.4, -0.2) is 5.11 Å². The van der Waals surface area contributed by atoms with E-state index in [-0.39, 0.29) is 6.10 Å². The van der Waals surface area contributed by atoms with Crippen molar-refractivity contribution in [3.05, 3.63) is 33.5 Å². The minimum absolute atomic E-state index is 0.288. The molecule has 0 saturated heterocycles. The van der Waals surface area contributed by atoms with Crippen LogP contribution in [0.15, 0.2) is 18.2 Å². The van der Waals surface area contributed by atoms with Gasteiger partial charge in [0.15, 0.2) is 0 Å². The maximum Gasteiger partial charge on any atom is 0.0885 e. The molecule has 1 nitrogen and oxygen atoms in total. The highest BCUT2D eigenvalue weighted by atomic mass is 32.1. The summed E-state index contributed by atoms with van der Waals surface area (Å²) in [7, 11) is 0. The highest BCUT2D eigenvalue weighted by Crippen LogP contribution is 2.34. The Morgan fingerprint density at radius 3 is 2.94 bits per heavy atom. The molecule has 0 amide bonds. The third-order valence-corrected chi connectivity index (χ3v) is 4.78. The Morgan fingerprint density at radius 2 is 2.18 bits per heavy atom. The van der Waals surface area contributed by atoms with Gasteiger partial charge in [-0.1, -0.05) is 12.0 Å². The van der Waals surface area contributed by atoms with Crippen molar-refractivity contribution in [1.82, 2.24) is 0 Å². The Morgan fingerprint density at radius 1 is 1.41 bits per heavy atom. The summed E-state index contributed by atoms with van der Waals surface area (Å²) in [5.74, 6) is 0. The smallest absolute Gasteiger partial charge is 0.0885 e. The molecule has 1 N–H and O–H groups in total. The van der Waals surface area contributed by atoms with Gasteiger partial charge in [-0.25, -0.2) is 0 Å². The lowest BCUT2D eigenvalue weighted by molar-refractivity contribution is 0.171. The van der Waals surface area contributed by atoms with E-state index < -0.39 is 0 Å². The molecule has 0 radical (unpaired) electrons. The molecule has 1 aromatic heterocycles. The Balaban J connectivity index is 2.03. The Kier molecular flexibility index (Phi) is 4.41. The molecule has 0 spiro atoms. The number of rotatable bonds is 4. The zero-order valence-corrected chi connectivity index (χ0v) is 11.5. The zero-order chi connectivity index (χ0) is 12.3. The molecule has 0 aliphatic heterocycles. The number of fused-ring (bicyclic) bond motifs is 1. The minimum Gasteiger partial charge on any atom is -0.388 e. The van der Waals surface area contributed by atoms with Crippen molar-refractivity contribution in [1.29, 1.82) is 0 Å². The van der Waals surface area contributed by atoms with Crippen LogP contribution in [0.5, 0.6) is 0 Å². The van der Waals surface area contributed by atoms with Crippen LogP contribution in [0.3, 0.4) is 0 Å². The number of aryl methyl sites for hydroxylation is 2. The molecule has 0 aromatic carbocycles. The molecule has 94 valence electrons. The second-order valence-electron chi connectivity index (χ2n) is 5.17. The zero-order valence-electron chi connectivity index (χ0n) is 10.7. The summed E-state index contributed by atoms with van der Waals surface area (Å²) in [4.78, 5) is 2.69. The fraction of sp³-hybridized carbons (Fsp3) is 0.600. The predicted molar refractivity (Wildman–Crippen MR) is 74.6 cm³/mol. The van der Waals surface area contributed by atoms with Crippen molar-refractivity contribution in [3.8, 4) is 0 Å². The van der Waals surface area contributed by atoms with Crippen LogP contribution in [0.1, 0.15) is 60.4 Å². The van der Waals surface area contributed by atoms with Crippen LogP contribution in [0.4, 0.5) is 0 Å². The molecule has 1 aromatic rings. The lowest BCUT2D eigenvalue weighted by atomic mass is 10.1. The van der Waals surface area contributed by atoms with Crippen molar-refractivity contribution in [2.45, 2.75) is 58.0 Å². The number of hydrogen-bond donors (Lipinski definition) is 1. The monoisotopic (exact) mass is 250 g/mol. The largest absolute Gasteiger partial charge is 0.388 e. The molecule has 0 fully saturated rings. The fourth-order valence-electron chi connectivity index (χ4n) is 2.38. The van der Waals surface area contributed by atoms with Gasteiger partial charge < -0.3 is 5.11 Å². The average molecular weight is 250 g/mol. The molecule has 1 aliphatic rings. The summed E-state index contributed by atoms with van der Waals surface area (Å²) in [5.41, 5.74) is 2.65. The molecule has 1 unspecified atom stereocenters. The molecular formula is C15H22OS. The van der Waals surface area contributed by atoms with E-state index in [1.807, 2.05) is 18.3 Å². The second-order valence-corrected chi connectivity index (χ2v) is 6.34. The molecule has 1 heterocycles. The van der Waals surface area contributed by atoms with Gasteiger partial charge in [0.05, 0.1) is 6.10 Å². The van der Waals surface area contributed by atoms with Crippen molar-refractivity contribution in [2.75, 3.05) is 0 Å². The number of aliphatic hydroxyl groups excluding tert-OH is 1. The first-order valence-corrected chi connectivity index (χ1v) is 7.42. The molecule has 2 rings (SSSR count). The van der Waals surface area contributed by atoms with E-state index >= 15 is 0 Å². The van der Waals surface area contributed by atoms with Gasteiger partial charge in [-0.2, -0.15) is 0 Å². The van der Waals surface area contributed by atoms with Gasteiger partial charge in [-0.3, -0.25) is 0 Å². The van der Waals surface area contributed by atoms with Crippen LogP contribution in [0, 0.1) is 0 Å². The van der Waals surface area contributed by atoms with Gasteiger partial charge in [0.2, 0.25) is 0 Å². The lowest BCUT2D eigenvalue weighted by Gasteiger charge is -2.07. The summed E-state index contributed by atoms with van der Waals surface area (Å²) in [6, 6.07) is 2.24. The van der Waals surface area contributed by atoms with Crippen molar-refractivity contribution < 1.29 is 5.11 Å². The molecule has 0 bridgehead atoms. The minimum atomic E-state index is -0.288. The molecule has 17 heavy (non-hydrogen) atoms. The Hall–Kier alpha value is -0.600. The van der Waals surface area contributed by atoms with Gasteiger partial charge in [0.25, 0.3) is 0 Å². The third-order valence-electron chi connectivity index (χ3n) is 3.44. The van der Waals surface area contributed by atoms with Crippen molar-refractivity contribution in [3.63, 3.8) is 0 Å². The van der Waals surface area contributed by atoms with Crippen LogP contribution in [0.25, 0.3) is 0 Å². The van der Waals surface area contributed by atoms with Crippen molar-refractivity contribution >= 4 is 11.3 Å². The number of aliphatic hydroxyl groups is 1. The van der Waals surface area contributed by atoms with Crippen LogP contribution < -0.4 is 0 Å². The van der Waals surface area contributed by atoms with Crippen LogP contribution >= 0.6 is 11.3 Å². The molecule has 1 aliphatic carbocycles. The summed E-state index contributed by atoms with van der Waals surface area (Å²) in [6.45, 7) is 5.91. The summed E-state index contributed by atoms with van der Waals surface area (Å²) in [6.07, 6.45) is 7.85. The second kappa shape index (κ2) is 5.83. The van der Waals surface area contributed by atoms with E-state index in [1.165, 1.54) is 42.5 Å². The SMILES string of the molecule is C=C(C)CCC(O)c1cc2c(s1)CCCCC2. The standard InChI is InChI=1S/C15H22OS/c1-11(2)8-9-13(16)15-10-12-6-4-3-5-7-14(12)17-15/h10,13,16H,1,3-9H2,2H3. The molecule has 1 atom stereocenters. The van der Waals surface area contributed by atoms with E-state index in [1.54, 1.807) is 0 Å². The topological polar surface area (TPSA) is 20.2 Å². The number of thiophene rings is 1. The quantitative estimate of drug-likeness (QED) is 0.620. The van der Waals surface area contributed by atoms with Gasteiger partial charge in [-0.05, 0) is 57.1 Å². The average Bonchev–Trinajstić information content (AvgIpc) is 2.58. The van der Waals surface area contributed by atoms with E-state index in [9.17, 15) is 5.11 Å². The molecular weight excluding hydrogens is 228 g/mol. The number of allylic oxidation sites excluding steroid dienone is 1. The van der Waals surface area contributed by atoms with E-state index in [2.05, 4.69) is 12.6 Å². The van der Waals surface area contributed by atoms with Gasteiger partial charge >= 0.3 is 0 Å². The van der Waals surface area contributed by atoms with Crippen molar-refractivity contribution in [2.24, 2.45) is 0 Å². The molecule has 0 saturated carbocycles. The third kappa shape index (κ3) is 3.43. The Bertz CT molecular complexity index is 368. The maximum atomic E-state index is 10.2.